The van der Waals surface area contributed by atoms with E-state index in [0.717, 1.165) is 60.9 Å². The summed E-state index contributed by atoms with van der Waals surface area (Å²) in [6, 6.07) is 0.469. The number of hydrogen-bond acceptors (Lipinski definition) is 5. The van der Waals surface area contributed by atoms with Crippen molar-refractivity contribution in [2.75, 3.05) is 6.61 Å². The SMILES string of the molecule is C=C/C(=C\C=C(/C)c1c(C)nn(COCC[Si](C)(C)C)c1C)NC(=O)[C@@H](NC(=O)OC(C)(C)C)C(C1CC1)C1CC1. The Kier molecular flexibility index (Phi) is 10.9. The number of rotatable bonds is 14. The second-order valence-corrected chi connectivity index (χ2v) is 19.6. The van der Waals surface area contributed by atoms with Crippen molar-refractivity contribution in [3.8, 4) is 0 Å². The number of carbonyl (C=O) groups excluding carboxylic acids is 2. The van der Waals surface area contributed by atoms with Crippen molar-refractivity contribution in [2.45, 2.75) is 111 Å². The molecule has 9 heteroatoms. The van der Waals surface area contributed by atoms with Gasteiger partial charge >= 0.3 is 6.09 Å². The molecule has 0 radical (unpaired) electrons. The summed E-state index contributed by atoms with van der Waals surface area (Å²) < 4.78 is 13.3. The normalized spacial score (nSPS) is 17.4. The van der Waals surface area contributed by atoms with Crippen molar-refractivity contribution >= 4 is 25.6 Å². The first kappa shape index (κ1) is 32.9. The van der Waals surface area contributed by atoms with Crippen molar-refractivity contribution in [3.05, 3.63) is 47.5 Å². The summed E-state index contributed by atoms with van der Waals surface area (Å²) in [4.78, 5) is 26.3. The molecule has 228 valence electrons. The molecule has 2 aliphatic carbocycles. The number of nitrogens with zero attached hydrogens (tertiary/aromatic N) is 2. The molecule has 0 spiro atoms. The van der Waals surface area contributed by atoms with E-state index in [9.17, 15) is 9.59 Å². The molecule has 1 aromatic rings. The number of amides is 2. The van der Waals surface area contributed by atoms with Gasteiger partial charge in [0.1, 0.15) is 18.4 Å². The van der Waals surface area contributed by atoms with Crippen LogP contribution in [0.5, 0.6) is 0 Å². The Morgan fingerprint density at radius 2 is 1.73 bits per heavy atom. The van der Waals surface area contributed by atoms with Crippen molar-refractivity contribution in [2.24, 2.45) is 17.8 Å². The first-order chi connectivity index (χ1) is 19.1. The molecule has 2 N–H and O–H groups in total. The van der Waals surface area contributed by atoms with Gasteiger partial charge in [-0.3, -0.25) is 4.79 Å². The molecule has 3 rings (SSSR count). The summed E-state index contributed by atoms with van der Waals surface area (Å²) >= 11 is 0. The van der Waals surface area contributed by atoms with Crippen molar-refractivity contribution in [3.63, 3.8) is 0 Å². The van der Waals surface area contributed by atoms with Crippen LogP contribution in [-0.4, -0.2) is 48.1 Å². The maximum Gasteiger partial charge on any atom is 0.408 e. The zero-order chi connectivity index (χ0) is 30.5. The predicted molar refractivity (Wildman–Crippen MR) is 168 cm³/mol. The number of aromatic nitrogens is 2. The van der Waals surface area contributed by atoms with Crippen LogP contribution in [0.1, 0.15) is 70.3 Å². The molecule has 1 aromatic heterocycles. The van der Waals surface area contributed by atoms with E-state index in [2.05, 4.69) is 43.8 Å². The van der Waals surface area contributed by atoms with E-state index in [1.54, 1.807) is 6.08 Å². The van der Waals surface area contributed by atoms with Gasteiger partial charge in [0.15, 0.2) is 0 Å². The summed E-state index contributed by atoms with van der Waals surface area (Å²) in [6.45, 7) is 23.7. The van der Waals surface area contributed by atoms with Gasteiger partial charge in [0.2, 0.25) is 5.91 Å². The number of aryl methyl sites for hydroxylation is 1. The van der Waals surface area contributed by atoms with Crippen LogP contribution in [0.4, 0.5) is 4.79 Å². The standard InChI is InChI=1S/C32H52N4O4Si/c1-11-26(17-12-21(2)27-22(3)35-36(23(27)4)20-39-18-19-41(8,9)10)33-30(37)29(34-31(38)40-32(5,6)7)28(24-13-14-24)25-15-16-25/h11-12,17,24-25,28-29H,1,13-16,18-20H2,2-10H3,(H,33,37)(H,34,38)/b21-12+,26-17+/t29-/m0/s1. The van der Waals surface area contributed by atoms with E-state index in [4.69, 9.17) is 14.6 Å². The fourth-order valence-electron chi connectivity index (χ4n) is 5.26. The van der Waals surface area contributed by atoms with Gasteiger partial charge in [-0.25, -0.2) is 9.48 Å². The van der Waals surface area contributed by atoms with Crippen LogP contribution in [0, 0.1) is 31.6 Å². The van der Waals surface area contributed by atoms with Gasteiger partial charge in [0.25, 0.3) is 0 Å². The van der Waals surface area contributed by atoms with Crippen molar-refractivity contribution < 1.29 is 19.1 Å². The second-order valence-electron chi connectivity index (χ2n) is 13.9. The van der Waals surface area contributed by atoms with Crippen LogP contribution in [0.3, 0.4) is 0 Å². The number of allylic oxidation sites excluding steroid dienone is 4. The maximum absolute atomic E-state index is 13.6. The van der Waals surface area contributed by atoms with Crippen LogP contribution in [0.15, 0.2) is 30.5 Å². The van der Waals surface area contributed by atoms with Gasteiger partial charge in [-0.1, -0.05) is 32.3 Å². The Morgan fingerprint density at radius 3 is 2.24 bits per heavy atom. The average Bonchev–Trinajstić information content (AvgIpc) is 3.77. The van der Waals surface area contributed by atoms with Gasteiger partial charge in [-0.2, -0.15) is 5.10 Å². The highest BCUT2D eigenvalue weighted by Gasteiger charge is 2.48. The molecule has 2 fully saturated rings. The lowest BCUT2D eigenvalue weighted by Crippen LogP contribution is -2.52. The summed E-state index contributed by atoms with van der Waals surface area (Å²) in [5.74, 6) is 0.824. The van der Waals surface area contributed by atoms with E-state index in [1.807, 2.05) is 51.5 Å². The Labute approximate surface area is 248 Å². The van der Waals surface area contributed by atoms with E-state index in [1.165, 1.54) is 0 Å². The Balaban J connectivity index is 1.73. The smallest absolute Gasteiger partial charge is 0.408 e. The van der Waals surface area contributed by atoms with E-state index in [0.29, 0.717) is 24.3 Å². The molecule has 0 aliphatic heterocycles. The predicted octanol–water partition coefficient (Wildman–Crippen LogP) is 6.73. The number of carbonyl (C=O) groups is 2. The third kappa shape index (κ3) is 10.3. The summed E-state index contributed by atoms with van der Waals surface area (Å²) in [5.41, 5.74) is 4.00. The molecule has 2 saturated carbocycles. The van der Waals surface area contributed by atoms with Gasteiger partial charge in [0, 0.05) is 31.6 Å². The quantitative estimate of drug-likeness (QED) is 0.144. The summed E-state index contributed by atoms with van der Waals surface area (Å²) in [7, 11) is -1.14. The number of alkyl carbamates (subject to hydrolysis) is 1. The molecule has 0 aromatic carbocycles. The van der Waals surface area contributed by atoms with Crippen LogP contribution in [-0.2, 0) is 21.0 Å². The lowest BCUT2D eigenvalue weighted by atomic mass is 9.88. The molecule has 0 bridgehead atoms. The second kappa shape index (κ2) is 13.5. The Bertz CT molecular complexity index is 1150. The van der Waals surface area contributed by atoms with Crippen LogP contribution < -0.4 is 10.6 Å². The summed E-state index contributed by atoms with van der Waals surface area (Å²) in [6.07, 6.45) is 9.30. The fraction of sp³-hybridized carbons (Fsp3) is 0.656. The lowest BCUT2D eigenvalue weighted by molar-refractivity contribution is -0.124. The first-order valence-electron chi connectivity index (χ1n) is 15.0. The molecule has 2 amide bonds. The third-order valence-electron chi connectivity index (χ3n) is 7.66. The Morgan fingerprint density at radius 1 is 1.12 bits per heavy atom. The number of ether oxygens (including phenoxy) is 2. The van der Waals surface area contributed by atoms with Gasteiger partial charge in [0.05, 0.1) is 5.69 Å². The van der Waals surface area contributed by atoms with Gasteiger partial charge in [-0.05, 0) is 109 Å². The molecule has 8 nitrogen and oxygen atoms in total. The van der Waals surface area contributed by atoms with Gasteiger partial charge in [-0.15, -0.1) is 0 Å². The average molecular weight is 585 g/mol. The zero-order valence-corrected chi connectivity index (χ0v) is 27.7. The van der Waals surface area contributed by atoms with E-state index < -0.39 is 25.8 Å². The minimum atomic E-state index is -1.14. The first-order valence-corrected chi connectivity index (χ1v) is 18.7. The highest BCUT2D eigenvalue weighted by Crippen LogP contribution is 2.50. The zero-order valence-electron chi connectivity index (χ0n) is 26.7. The largest absolute Gasteiger partial charge is 0.444 e. The maximum atomic E-state index is 13.6. The molecule has 41 heavy (non-hydrogen) atoms. The molecule has 0 unspecified atom stereocenters. The van der Waals surface area contributed by atoms with Crippen molar-refractivity contribution in [1.29, 1.82) is 0 Å². The van der Waals surface area contributed by atoms with Crippen molar-refractivity contribution in [1.82, 2.24) is 20.4 Å². The number of hydrogen-bond donors (Lipinski definition) is 2. The Hall–Kier alpha value is -2.65. The molecule has 1 heterocycles. The molecular formula is C32H52N4O4Si. The van der Waals surface area contributed by atoms with Gasteiger partial charge < -0.3 is 20.1 Å². The molecule has 0 saturated heterocycles. The van der Waals surface area contributed by atoms with Crippen LogP contribution in [0.25, 0.3) is 5.57 Å². The minimum absolute atomic E-state index is 0.120. The molecule has 2 aliphatic rings. The van der Waals surface area contributed by atoms with E-state index in [-0.39, 0.29) is 11.8 Å². The molecular weight excluding hydrogens is 532 g/mol. The number of nitrogens with one attached hydrogen (secondary N) is 2. The van der Waals surface area contributed by atoms with E-state index >= 15 is 0 Å². The highest BCUT2D eigenvalue weighted by atomic mass is 28.3. The lowest BCUT2D eigenvalue weighted by Gasteiger charge is -2.29. The summed E-state index contributed by atoms with van der Waals surface area (Å²) in [5, 5.41) is 10.6. The topological polar surface area (TPSA) is 94.5 Å². The van der Waals surface area contributed by atoms with Crippen LogP contribution in [0.2, 0.25) is 25.7 Å². The monoisotopic (exact) mass is 584 g/mol. The highest BCUT2D eigenvalue weighted by molar-refractivity contribution is 6.76. The fourth-order valence-corrected chi connectivity index (χ4v) is 6.02. The third-order valence-corrected chi connectivity index (χ3v) is 9.36. The molecule has 1 atom stereocenters. The van der Waals surface area contributed by atoms with Crippen LogP contribution >= 0.6 is 0 Å². The minimum Gasteiger partial charge on any atom is -0.444 e.